The second-order valence-corrected chi connectivity index (χ2v) is 8.05. The van der Waals surface area contributed by atoms with Crippen molar-refractivity contribution in [3.63, 3.8) is 0 Å². The molecule has 0 saturated carbocycles. The van der Waals surface area contributed by atoms with Gasteiger partial charge in [-0.1, -0.05) is 18.7 Å². The van der Waals surface area contributed by atoms with Crippen LogP contribution in [0.2, 0.25) is 0 Å². The normalized spacial score (nSPS) is 14.5. The zero-order valence-corrected chi connectivity index (χ0v) is 19.2. The molecule has 1 unspecified atom stereocenters. The number of nitriles is 1. The molecule has 0 radical (unpaired) electrons. The Balaban J connectivity index is 1.49. The van der Waals surface area contributed by atoms with Gasteiger partial charge in [-0.2, -0.15) is 5.26 Å². The summed E-state index contributed by atoms with van der Waals surface area (Å²) in [4.78, 5) is 38.5. The van der Waals surface area contributed by atoms with Crippen LogP contribution >= 0.6 is 0 Å². The Labute approximate surface area is 207 Å². The lowest BCUT2D eigenvalue weighted by molar-refractivity contribution is -0.125. The van der Waals surface area contributed by atoms with Crippen LogP contribution < -0.4 is 16.4 Å². The number of hydrogen-bond donors (Lipinski definition) is 4. The summed E-state index contributed by atoms with van der Waals surface area (Å²) in [5.74, 6) is 0.268. The van der Waals surface area contributed by atoms with Gasteiger partial charge in [-0.25, -0.2) is 15.0 Å². The highest BCUT2D eigenvalue weighted by molar-refractivity contribution is 6.16. The van der Waals surface area contributed by atoms with Crippen LogP contribution in [0.5, 0.6) is 0 Å². The molecule has 0 aliphatic carbocycles. The molecular formula is C25H23N9O2. The fourth-order valence-electron chi connectivity index (χ4n) is 3.85. The lowest BCUT2D eigenvalue weighted by Crippen LogP contribution is -2.30. The van der Waals surface area contributed by atoms with Crippen LogP contribution in [-0.2, 0) is 4.79 Å². The molecule has 3 aromatic rings. The number of aromatic nitrogens is 3. The molecule has 11 nitrogen and oxygen atoms in total. The molecule has 4 rings (SSSR count). The lowest BCUT2D eigenvalue weighted by Gasteiger charge is -2.18. The molecular weight excluding hydrogens is 458 g/mol. The van der Waals surface area contributed by atoms with Gasteiger partial charge in [-0.15, -0.1) is 0 Å². The average molecular weight is 482 g/mol. The van der Waals surface area contributed by atoms with Crippen molar-refractivity contribution < 1.29 is 9.59 Å². The maximum absolute atomic E-state index is 12.6. The van der Waals surface area contributed by atoms with Gasteiger partial charge in [-0.3, -0.25) is 15.0 Å². The van der Waals surface area contributed by atoms with Crippen molar-refractivity contribution in [3.8, 4) is 6.07 Å². The molecule has 2 amide bonds. The van der Waals surface area contributed by atoms with Crippen molar-refractivity contribution in [3.05, 3.63) is 83.8 Å². The quantitative estimate of drug-likeness (QED) is 0.293. The van der Waals surface area contributed by atoms with Crippen molar-refractivity contribution in [1.29, 1.82) is 10.7 Å². The summed E-state index contributed by atoms with van der Waals surface area (Å²) >= 11 is 0. The predicted octanol–water partition coefficient (Wildman–Crippen LogP) is 2.19. The molecule has 1 aromatic carbocycles. The zero-order chi connectivity index (χ0) is 25.7. The number of nitrogens with one attached hydrogen (secondary N) is 3. The van der Waals surface area contributed by atoms with E-state index in [9.17, 15) is 9.59 Å². The maximum Gasteiger partial charge on any atom is 0.256 e. The minimum Gasteiger partial charge on any atom is -0.383 e. The molecule has 0 spiro atoms. The smallest absolute Gasteiger partial charge is 0.256 e. The summed E-state index contributed by atoms with van der Waals surface area (Å²) in [5.41, 5.74) is 7.78. The van der Waals surface area contributed by atoms with Crippen molar-refractivity contribution in [1.82, 2.24) is 19.9 Å². The van der Waals surface area contributed by atoms with Gasteiger partial charge in [-0.05, 0) is 36.8 Å². The first kappa shape index (κ1) is 24.0. The van der Waals surface area contributed by atoms with Crippen LogP contribution in [0.4, 0.5) is 17.5 Å². The van der Waals surface area contributed by atoms with E-state index in [-0.39, 0.29) is 29.3 Å². The SMILES string of the molecule is C=CC(=O)N1CCC(Nc2ncnc(N)c2C(=N)c2ccc(C(=O)Nc3cc(C#N)ccn3)cc2)C1. The average Bonchev–Trinajstić information content (AvgIpc) is 3.36. The van der Waals surface area contributed by atoms with Crippen LogP contribution in [0.15, 0.2) is 61.6 Å². The standard InChI is InChI=1S/C25H23N9O2/c1-2-20(35)34-10-8-18(13-34)32-24-21(23(28)30-14-31-24)22(27)16-3-5-17(6-4-16)25(36)33-19-11-15(12-26)7-9-29-19/h2-7,9,11,14,18,27H,1,8,10,13H2,(H,29,33,36)(H3,28,30,31,32). The van der Waals surface area contributed by atoms with Gasteiger partial charge in [0.25, 0.3) is 5.91 Å². The maximum atomic E-state index is 12.6. The largest absolute Gasteiger partial charge is 0.383 e. The summed E-state index contributed by atoms with van der Waals surface area (Å²) in [6, 6.07) is 11.4. The number of nitrogens with zero attached hydrogens (tertiary/aromatic N) is 5. The van der Waals surface area contributed by atoms with Crippen LogP contribution in [0.25, 0.3) is 0 Å². The van der Waals surface area contributed by atoms with Crippen molar-refractivity contribution >= 4 is 35.0 Å². The molecule has 36 heavy (non-hydrogen) atoms. The van der Waals surface area contributed by atoms with Crippen LogP contribution in [0.1, 0.15) is 33.5 Å². The number of rotatable bonds is 7. The summed E-state index contributed by atoms with van der Waals surface area (Å²) < 4.78 is 0. The van der Waals surface area contributed by atoms with E-state index in [1.54, 1.807) is 35.2 Å². The van der Waals surface area contributed by atoms with Gasteiger partial charge < -0.3 is 21.3 Å². The fourth-order valence-corrected chi connectivity index (χ4v) is 3.85. The summed E-state index contributed by atoms with van der Waals surface area (Å²) in [5, 5.41) is 23.7. The topological polar surface area (TPSA) is 174 Å². The van der Waals surface area contributed by atoms with E-state index in [1.807, 2.05) is 6.07 Å². The van der Waals surface area contributed by atoms with Crippen molar-refractivity contribution in [2.24, 2.45) is 0 Å². The molecule has 2 aromatic heterocycles. The van der Waals surface area contributed by atoms with Gasteiger partial charge >= 0.3 is 0 Å². The Hall–Kier alpha value is -5.11. The van der Waals surface area contributed by atoms with Crippen molar-refractivity contribution in [2.75, 3.05) is 29.5 Å². The third kappa shape index (κ3) is 5.18. The molecule has 180 valence electrons. The van der Waals surface area contributed by atoms with Crippen LogP contribution in [-0.4, -0.2) is 56.5 Å². The number of nitrogen functional groups attached to an aromatic ring is 1. The number of hydrogen-bond acceptors (Lipinski definition) is 9. The Morgan fingerprint density at radius 2 is 1.94 bits per heavy atom. The fraction of sp³-hybridized carbons (Fsp3) is 0.160. The molecule has 1 aliphatic heterocycles. The van der Waals surface area contributed by atoms with E-state index >= 15 is 0 Å². The number of pyridine rings is 1. The van der Waals surface area contributed by atoms with Gasteiger partial charge in [0.15, 0.2) is 0 Å². The highest BCUT2D eigenvalue weighted by Crippen LogP contribution is 2.24. The first-order valence-electron chi connectivity index (χ1n) is 11.0. The highest BCUT2D eigenvalue weighted by atomic mass is 16.2. The third-order valence-corrected chi connectivity index (χ3v) is 5.71. The number of amides is 2. The number of likely N-dealkylation sites (tertiary alicyclic amines) is 1. The lowest BCUT2D eigenvalue weighted by atomic mass is 10.0. The van der Waals surface area contributed by atoms with E-state index in [2.05, 4.69) is 32.2 Å². The number of carbonyl (C=O) groups is 2. The molecule has 1 saturated heterocycles. The Morgan fingerprint density at radius 1 is 1.19 bits per heavy atom. The molecule has 3 heterocycles. The van der Waals surface area contributed by atoms with E-state index in [0.29, 0.717) is 47.6 Å². The zero-order valence-electron chi connectivity index (χ0n) is 19.2. The Kier molecular flexibility index (Phi) is 6.97. The first-order chi connectivity index (χ1) is 17.4. The molecule has 1 fully saturated rings. The number of nitrogens with two attached hydrogens (primary N) is 1. The van der Waals surface area contributed by atoms with Gasteiger partial charge in [0.05, 0.1) is 22.9 Å². The van der Waals surface area contributed by atoms with E-state index in [1.165, 1.54) is 24.7 Å². The summed E-state index contributed by atoms with van der Waals surface area (Å²) in [6.45, 7) is 4.60. The van der Waals surface area contributed by atoms with Crippen LogP contribution in [0.3, 0.4) is 0 Å². The van der Waals surface area contributed by atoms with E-state index in [0.717, 1.165) is 0 Å². The Bertz CT molecular complexity index is 1380. The minimum absolute atomic E-state index is 0.0611. The first-order valence-corrected chi connectivity index (χ1v) is 11.0. The molecule has 11 heteroatoms. The molecule has 5 N–H and O–H groups in total. The molecule has 1 atom stereocenters. The summed E-state index contributed by atoms with van der Waals surface area (Å²) in [7, 11) is 0. The number of anilines is 3. The monoisotopic (exact) mass is 481 g/mol. The predicted molar refractivity (Wildman–Crippen MR) is 135 cm³/mol. The minimum atomic E-state index is -0.402. The highest BCUT2D eigenvalue weighted by Gasteiger charge is 2.27. The van der Waals surface area contributed by atoms with Crippen LogP contribution in [0, 0.1) is 16.7 Å². The van der Waals surface area contributed by atoms with Crippen molar-refractivity contribution in [2.45, 2.75) is 12.5 Å². The third-order valence-electron chi connectivity index (χ3n) is 5.71. The number of benzene rings is 1. The Morgan fingerprint density at radius 3 is 2.67 bits per heavy atom. The summed E-state index contributed by atoms with van der Waals surface area (Å²) in [6.07, 6.45) is 4.76. The second-order valence-electron chi connectivity index (χ2n) is 8.05. The van der Waals surface area contributed by atoms with Gasteiger partial charge in [0.2, 0.25) is 5.91 Å². The molecule has 1 aliphatic rings. The van der Waals surface area contributed by atoms with E-state index < -0.39 is 5.91 Å². The number of carbonyl (C=O) groups excluding carboxylic acids is 2. The van der Waals surface area contributed by atoms with Gasteiger partial charge in [0.1, 0.15) is 23.8 Å². The van der Waals surface area contributed by atoms with E-state index in [4.69, 9.17) is 16.4 Å². The second kappa shape index (κ2) is 10.4. The van der Waals surface area contributed by atoms with Gasteiger partial charge in [0, 0.05) is 36.5 Å². The molecule has 0 bridgehead atoms.